The van der Waals surface area contributed by atoms with E-state index in [0.717, 1.165) is 0 Å². The van der Waals surface area contributed by atoms with E-state index < -0.39 is 0 Å². The predicted octanol–water partition coefficient (Wildman–Crippen LogP) is 0.508. The highest BCUT2D eigenvalue weighted by Crippen LogP contribution is 2.06. The summed E-state index contributed by atoms with van der Waals surface area (Å²) < 4.78 is 0. The largest absolute Gasteiger partial charge is 0.396 e. The zero-order valence-electron chi connectivity index (χ0n) is 9.39. The van der Waals surface area contributed by atoms with E-state index in [1.807, 2.05) is 6.92 Å². The molecule has 1 aromatic heterocycles. The lowest BCUT2D eigenvalue weighted by atomic mass is 10.2. The monoisotopic (exact) mass is 223 g/mol. The van der Waals surface area contributed by atoms with Crippen molar-refractivity contribution in [1.82, 2.24) is 9.88 Å². The number of aliphatic hydroxyl groups is 1. The smallest absolute Gasteiger partial charge is 0.255 e. The van der Waals surface area contributed by atoms with Gasteiger partial charge in [0, 0.05) is 25.9 Å². The molecule has 0 saturated carbocycles. The summed E-state index contributed by atoms with van der Waals surface area (Å²) in [4.78, 5) is 17.5. The highest BCUT2D eigenvalue weighted by atomic mass is 16.3. The second kappa shape index (κ2) is 6.07. The number of aromatic nitrogens is 1. The van der Waals surface area contributed by atoms with Crippen molar-refractivity contribution in [2.24, 2.45) is 0 Å². The number of hydrogen-bond acceptors (Lipinski definition) is 4. The Morgan fingerprint density at radius 3 is 2.81 bits per heavy atom. The molecular formula is C11H17N3O2. The van der Waals surface area contributed by atoms with Crippen LogP contribution in [-0.4, -0.2) is 40.6 Å². The predicted molar refractivity (Wildman–Crippen MR) is 61.9 cm³/mol. The van der Waals surface area contributed by atoms with Gasteiger partial charge in [0.15, 0.2) is 0 Å². The zero-order chi connectivity index (χ0) is 12.0. The van der Waals surface area contributed by atoms with Crippen LogP contribution in [0.2, 0.25) is 0 Å². The highest BCUT2D eigenvalue weighted by Gasteiger charge is 2.13. The minimum absolute atomic E-state index is 0.0801. The molecular weight excluding hydrogens is 206 g/mol. The fourth-order valence-electron chi connectivity index (χ4n) is 1.38. The third-order valence-corrected chi connectivity index (χ3v) is 2.29. The molecule has 0 atom stereocenters. The second-order valence-electron chi connectivity index (χ2n) is 3.43. The van der Waals surface area contributed by atoms with Crippen molar-refractivity contribution in [3.8, 4) is 0 Å². The second-order valence-corrected chi connectivity index (χ2v) is 3.43. The number of anilines is 1. The van der Waals surface area contributed by atoms with E-state index in [0.29, 0.717) is 30.9 Å². The Hall–Kier alpha value is -1.62. The Bertz CT molecular complexity index is 338. The maximum Gasteiger partial charge on any atom is 0.255 e. The Morgan fingerprint density at radius 2 is 2.31 bits per heavy atom. The van der Waals surface area contributed by atoms with E-state index >= 15 is 0 Å². The van der Waals surface area contributed by atoms with Gasteiger partial charge >= 0.3 is 0 Å². The number of nitrogens with two attached hydrogens (primary N) is 1. The van der Waals surface area contributed by atoms with E-state index in [1.54, 1.807) is 17.0 Å². The molecule has 0 saturated heterocycles. The molecule has 0 bridgehead atoms. The van der Waals surface area contributed by atoms with Crippen molar-refractivity contribution in [3.63, 3.8) is 0 Å². The molecule has 0 fully saturated rings. The quantitative estimate of drug-likeness (QED) is 0.762. The summed E-state index contributed by atoms with van der Waals surface area (Å²) in [5, 5.41) is 8.73. The van der Waals surface area contributed by atoms with Crippen molar-refractivity contribution in [2.75, 3.05) is 25.4 Å². The fraction of sp³-hybridized carbons (Fsp3) is 0.455. The Balaban J connectivity index is 2.70. The number of nitrogens with zero attached hydrogens (tertiary/aromatic N) is 2. The average molecular weight is 223 g/mol. The van der Waals surface area contributed by atoms with Gasteiger partial charge in [-0.1, -0.05) is 0 Å². The van der Waals surface area contributed by atoms with Crippen LogP contribution in [0.4, 0.5) is 5.82 Å². The molecule has 3 N–H and O–H groups in total. The molecule has 16 heavy (non-hydrogen) atoms. The number of nitrogen functional groups attached to an aromatic ring is 1. The van der Waals surface area contributed by atoms with Crippen LogP contribution < -0.4 is 5.73 Å². The minimum atomic E-state index is -0.0801. The maximum absolute atomic E-state index is 12.0. The van der Waals surface area contributed by atoms with Crippen molar-refractivity contribution in [1.29, 1.82) is 0 Å². The van der Waals surface area contributed by atoms with Gasteiger partial charge in [-0.25, -0.2) is 4.98 Å². The van der Waals surface area contributed by atoms with Gasteiger partial charge in [0.1, 0.15) is 5.82 Å². The zero-order valence-corrected chi connectivity index (χ0v) is 9.39. The SMILES string of the molecule is CCN(CCCO)C(=O)c1ccc(N)nc1. The molecule has 1 amide bonds. The number of pyridine rings is 1. The molecule has 0 aliphatic carbocycles. The maximum atomic E-state index is 12.0. The summed E-state index contributed by atoms with van der Waals surface area (Å²) in [7, 11) is 0. The summed E-state index contributed by atoms with van der Waals surface area (Å²) in [6.07, 6.45) is 2.06. The van der Waals surface area contributed by atoms with Gasteiger partial charge in [-0.3, -0.25) is 4.79 Å². The lowest BCUT2D eigenvalue weighted by molar-refractivity contribution is 0.0754. The molecule has 1 rings (SSSR count). The third-order valence-electron chi connectivity index (χ3n) is 2.29. The number of amides is 1. The minimum Gasteiger partial charge on any atom is -0.396 e. The van der Waals surface area contributed by atoms with E-state index in [1.165, 1.54) is 6.20 Å². The van der Waals surface area contributed by atoms with Gasteiger partial charge in [-0.05, 0) is 25.5 Å². The third kappa shape index (κ3) is 3.20. The summed E-state index contributed by atoms with van der Waals surface area (Å²) >= 11 is 0. The van der Waals surface area contributed by atoms with Crippen LogP contribution in [0.5, 0.6) is 0 Å². The molecule has 0 aliphatic rings. The number of aliphatic hydroxyl groups excluding tert-OH is 1. The molecule has 1 heterocycles. The average Bonchev–Trinajstić information content (AvgIpc) is 2.30. The normalized spacial score (nSPS) is 10.1. The number of carbonyl (C=O) groups is 1. The molecule has 1 aromatic rings. The molecule has 0 aromatic carbocycles. The molecule has 0 aliphatic heterocycles. The van der Waals surface area contributed by atoms with Crippen molar-refractivity contribution in [2.45, 2.75) is 13.3 Å². The topological polar surface area (TPSA) is 79.5 Å². The lowest BCUT2D eigenvalue weighted by Gasteiger charge is -2.20. The first kappa shape index (κ1) is 12.4. The number of hydrogen-bond donors (Lipinski definition) is 2. The van der Waals surface area contributed by atoms with E-state index in [4.69, 9.17) is 10.8 Å². The summed E-state index contributed by atoms with van der Waals surface area (Å²) in [6, 6.07) is 3.26. The Kier molecular flexibility index (Phi) is 4.72. The van der Waals surface area contributed by atoms with Crippen LogP contribution in [0.15, 0.2) is 18.3 Å². The summed E-state index contributed by atoms with van der Waals surface area (Å²) in [6.45, 7) is 3.16. The number of carbonyl (C=O) groups excluding carboxylic acids is 1. The summed E-state index contributed by atoms with van der Waals surface area (Å²) in [5.74, 6) is 0.318. The molecule has 88 valence electrons. The first-order valence-corrected chi connectivity index (χ1v) is 5.30. The van der Waals surface area contributed by atoms with Crippen LogP contribution in [0, 0.1) is 0 Å². The lowest BCUT2D eigenvalue weighted by Crippen LogP contribution is -2.32. The Labute approximate surface area is 94.9 Å². The molecule has 5 heteroatoms. The van der Waals surface area contributed by atoms with E-state index in [2.05, 4.69) is 4.98 Å². The van der Waals surface area contributed by atoms with Crippen LogP contribution >= 0.6 is 0 Å². The molecule has 0 radical (unpaired) electrons. The van der Waals surface area contributed by atoms with Crippen LogP contribution in [0.1, 0.15) is 23.7 Å². The summed E-state index contributed by atoms with van der Waals surface area (Å²) in [5.41, 5.74) is 5.97. The first-order valence-electron chi connectivity index (χ1n) is 5.30. The van der Waals surface area contributed by atoms with Gasteiger partial charge < -0.3 is 15.7 Å². The molecule has 5 nitrogen and oxygen atoms in total. The van der Waals surface area contributed by atoms with E-state index in [-0.39, 0.29) is 12.5 Å². The van der Waals surface area contributed by atoms with Gasteiger partial charge in [0.2, 0.25) is 0 Å². The molecule has 0 spiro atoms. The Morgan fingerprint density at radius 1 is 1.56 bits per heavy atom. The van der Waals surface area contributed by atoms with Crippen LogP contribution in [0.25, 0.3) is 0 Å². The molecule has 0 unspecified atom stereocenters. The van der Waals surface area contributed by atoms with E-state index in [9.17, 15) is 4.79 Å². The van der Waals surface area contributed by atoms with Gasteiger partial charge in [-0.2, -0.15) is 0 Å². The van der Waals surface area contributed by atoms with Crippen molar-refractivity contribution in [3.05, 3.63) is 23.9 Å². The van der Waals surface area contributed by atoms with Crippen molar-refractivity contribution < 1.29 is 9.90 Å². The van der Waals surface area contributed by atoms with Gasteiger partial charge in [0.05, 0.1) is 5.56 Å². The van der Waals surface area contributed by atoms with Crippen molar-refractivity contribution >= 4 is 11.7 Å². The van der Waals surface area contributed by atoms with Crippen LogP contribution in [0.3, 0.4) is 0 Å². The number of rotatable bonds is 5. The van der Waals surface area contributed by atoms with Gasteiger partial charge in [0.25, 0.3) is 5.91 Å². The van der Waals surface area contributed by atoms with Gasteiger partial charge in [-0.15, -0.1) is 0 Å². The first-order chi connectivity index (χ1) is 7.69. The highest BCUT2D eigenvalue weighted by molar-refractivity contribution is 5.94. The van der Waals surface area contributed by atoms with Crippen LogP contribution in [-0.2, 0) is 0 Å². The standard InChI is InChI=1S/C11H17N3O2/c1-2-14(6-3-7-15)11(16)9-4-5-10(12)13-8-9/h4-5,8,15H,2-3,6-7H2,1H3,(H2,12,13). The fourth-order valence-corrected chi connectivity index (χ4v) is 1.38.